The Labute approximate surface area is 141 Å². The highest BCUT2D eigenvalue weighted by Crippen LogP contribution is 2.36. The van der Waals surface area contributed by atoms with E-state index in [0.29, 0.717) is 13.0 Å². The Kier molecular flexibility index (Phi) is 3.79. The fourth-order valence-corrected chi connectivity index (χ4v) is 3.53. The average Bonchev–Trinajstić information content (AvgIpc) is 3.17. The van der Waals surface area contributed by atoms with Crippen LogP contribution in [0.4, 0.5) is 10.3 Å². The van der Waals surface area contributed by atoms with Crippen LogP contribution < -0.4 is 4.90 Å². The van der Waals surface area contributed by atoms with Gasteiger partial charge in [0.1, 0.15) is 17.2 Å². The van der Waals surface area contributed by atoms with Gasteiger partial charge < -0.3 is 10.0 Å². The molecule has 1 aromatic carbocycles. The minimum absolute atomic E-state index is 0.283. The first kappa shape index (κ1) is 15.6. The standard InChI is InChI=1S/C18H23FN4O/c1-2-16-20-21-17(23(16)11-13-3-4-13)22-10-9-18(24,12-22)14-5-7-15(19)8-6-14/h5-8,13,24H,2-4,9-12H2,1H3. The highest BCUT2D eigenvalue weighted by Gasteiger charge is 2.40. The normalized spacial score (nSPS) is 23.9. The van der Waals surface area contributed by atoms with Crippen LogP contribution in [0.15, 0.2) is 24.3 Å². The number of halogens is 1. The minimum atomic E-state index is -0.962. The van der Waals surface area contributed by atoms with Crippen LogP contribution in [0.3, 0.4) is 0 Å². The molecule has 1 aromatic heterocycles. The zero-order chi connectivity index (χ0) is 16.7. The van der Waals surface area contributed by atoms with Crippen LogP contribution in [0.5, 0.6) is 0 Å². The Morgan fingerprint density at radius 3 is 2.67 bits per heavy atom. The molecule has 1 aliphatic heterocycles. The number of hydrogen-bond acceptors (Lipinski definition) is 4. The van der Waals surface area contributed by atoms with Gasteiger partial charge in [0.15, 0.2) is 0 Å². The van der Waals surface area contributed by atoms with Crippen molar-refractivity contribution in [1.29, 1.82) is 0 Å². The number of aromatic nitrogens is 3. The molecule has 1 saturated carbocycles. The van der Waals surface area contributed by atoms with Crippen molar-refractivity contribution >= 4 is 5.95 Å². The van der Waals surface area contributed by atoms with Crippen molar-refractivity contribution in [2.45, 2.75) is 44.8 Å². The molecule has 2 aromatic rings. The summed E-state index contributed by atoms with van der Waals surface area (Å²) in [7, 11) is 0. The molecule has 0 radical (unpaired) electrons. The van der Waals surface area contributed by atoms with Crippen LogP contribution in [-0.4, -0.2) is 33.0 Å². The number of anilines is 1. The van der Waals surface area contributed by atoms with E-state index in [2.05, 4.69) is 26.6 Å². The van der Waals surface area contributed by atoms with Crippen molar-refractivity contribution in [1.82, 2.24) is 14.8 Å². The Hall–Kier alpha value is -1.95. The quantitative estimate of drug-likeness (QED) is 0.915. The molecule has 0 bridgehead atoms. The first-order chi connectivity index (χ1) is 11.6. The van der Waals surface area contributed by atoms with E-state index in [0.717, 1.165) is 42.8 Å². The molecule has 1 atom stereocenters. The molecule has 1 unspecified atom stereocenters. The van der Waals surface area contributed by atoms with E-state index in [9.17, 15) is 9.50 Å². The van der Waals surface area contributed by atoms with Crippen molar-refractivity contribution in [3.8, 4) is 0 Å². The molecular weight excluding hydrogens is 307 g/mol. The molecule has 1 saturated heterocycles. The SMILES string of the molecule is CCc1nnc(N2CCC(O)(c3ccc(F)cc3)C2)n1CC1CC1. The molecule has 128 valence electrons. The lowest BCUT2D eigenvalue weighted by Gasteiger charge is -2.24. The second-order valence-electron chi connectivity index (χ2n) is 7.03. The zero-order valence-electron chi connectivity index (χ0n) is 14.0. The van der Waals surface area contributed by atoms with Gasteiger partial charge in [-0.25, -0.2) is 4.39 Å². The van der Waals surface area contributed by atoms with Gasteiger partial charge in [-0.3, -0.25) is 4.57 Å². The highest BCUT2D eigenvalue weighted by molar-refractivity contribution is 5.38. The third kappa shape index (κ3) is 2.79. The average molecular weight is 330 g/mol. The Bertz CT molecular complexity index is 725. The van der Waals surface area contributed by atoms with E-state index < -0.39 is 5.60 Å². The second-order valence-corrected chi connectivity index (χ2v) is 7.03. The number of aryl methyl sites for hydroxylation is 1. The molecule has 5 nitrogen and oxygen atoms in total. The van der Waals surface area contributed by atoms with Crippen LogP contribution in [0.2, 0.25) is 0 Å². The van der Waals surface area contributed by atoms with Gasteiger partial charge in [0.25, 0.3) is 0 Å². The maximum absolute atomic E-state index is 13.1. The summed E-state index contributed by atoms with van der Waals surface area (Å²) in [6, 6.07) is 6.15. The lowest BCUT2D eigenvalue weighted by Crippen LogP contribution is -2.32. The molecule has 0 spiro atoms. The van der Waals surface area contributed by atoms with Gasteiger partial charge in [-0.05, 0) is 42.9 Å². The molecular formula is C18H23FN4O. The molecule has 1 N–H and O–H groups in total. The minimum Gasteiger partial charge on any atom is -0.383 e. The number of rotatable bonds is 5. The molecule has 2 fully saturated rings. The summed E-state index contributed by atoms with van der Waals surface area (Å²) in [5.74, 6) is 2.32. The Balaban J connectivity index is 1.58. The summed E-state index contributed by atoms with van der Waals surface area (Å²) in [5.41, 5.74) is -0.202. The van der Waals surface area contributed by atoms with Crippen molar-refractivity contribution in [3.63, 3.8) is 0 Å². The molecule has 2 heterocycles. The summed E-state index contributed by atoms with van der Waals surface area (Å²) in [5, 5.41) is 19.7. The predicted molar refractivity (Wildman–Crippen MR) is 89.3 cm³/mol. The molecule has 1 aliphatic carbocycles. The molecule has 2 aliphatic rings. The smallest absolute Gasteiger partial charge is 0.227 e. The molecule has 6 heteroatoms. The summed E-state index contributed by atoms with van der Waals surface area (Å²) in [6.45, 7) is 4.25. The van der Waals surface area contributed by atoms with E-state index in [4.69, 9.17) is 0 Å². The third-order valence-electron chi connectivity index (χ3n) is 5.17. The van der Waals surface area contributed by atoms with E-state index in [-0.39, 0.29) is 5.82 Å². The van der Waals surface area contributed by atoms with Gasteiger partial charge in [-0.15, -0.1) is 10.2 Å². The lowest BCUT2D eigenvalue weighted by atomic mass is 9.93. The van der Waals surface area contributed by atoms with Crippen LogP contribution in [0, 0.1) is 11.7 Å². The van der Waals surface area contributed by atoms with E-state index >= 15 is 0 Å². The van der Waals surface area contributed by atoms with E-state index in [1.165, 1.54) is 25.0 Å². The summed E-state index contributed by atoms with van der Waals surface area (Å²) in [4.78, 5) is 2.11. The van der Waals surface area contributed by atoms with Gasteiger partial charge in [0, 0.05) is 19.5 Å². The fourth-order valence-electron chi connectivity index (χ4n) is 3.53. The molecule has 0 amide bonds. The number of benzene rings is 1. The monoisotopic (exact) mass is 330 g/mol. The maximum Gasteiger partial charge on any atom is 0.227 e. The number of hydrogen-bond donors (Lipinski definition) is 1. The number of aliphatic hydroxyl groups is 1. The van der Waals surface area contributed by atoms with Crippen molar-refractivity contribution in [3.05, 3.63) is 41.5 Å². The zero-order valence-corrected chi connectivity index (χ0v) is 14.0. The predicted octanol–water partition coefficient (Wildman–Crippen LogP) is 2.49. The lowest BCUT2D eigenvalue weighted by molar-refractivity contribution is 0.0605. The van der Waals surface area contributed by atoms with Gasteiger partial charge in [-0.1, -0.05) is 19.1 Å². The first-order valence-corrected chi connectivity index (χ1v) is 8.74. The van der Waals surface area contributed by atoms with E-state index in [1.54, 1.807) is 12.1 Å². The number of β-amino-alcohol motifs (C(OH)–C–C–N with tert-alkyl or cyclic N) is 1. The van der Waals surface area contributed by atoms with Crippen LogP contribution in [0.25, 0.3) is 0 Å². The first-order valence-electron chi connectivity index (χ1n) is 8.74. The van der Waals surface area contributed by atoms with Gasteiger partial charge >= 0.3 is 0 Å². The fraction of sp³-hybridized carbons (Fsp3) is 0.556. The number of nitrogens with zero attached hydrogens (tertiary/aromatic N) is 4. The summed E-state index contributed by atoms with van der Waals surface area (Å²) in [6.07, 6.45) is 4.02. The van der Waals surface area contributed by atoms with Gasteiger partial charge in [0.2, 0.25) is 5.95 Å². The summed E-state index contributed by atoms with van der Waals surface area (Å²) >= 11 is 0. The third-order valence-corrected chi connectivity index (χ3v) is 5.17. The maximum atomic E-state index is 13.1. The second kappa shape index (κ2) is 5.84. The van der Waals surface area contributed by atoms with Crippen molar-refractivity contribution in [2.75, 3.05) is 18.0 Å². The highest BCUT2D eigenvalue weighted by atomic mass is 19.1. The van der Waals surface area contributed by atoms with Crippen molar-refractivity contribution < 1.29 is 9.50 Å². The summed E-state index contributed by atoms with van der Waals surface area (Å²) < 4.78 is 15.4. The van der Waals surface area contributed by atoms with Crippen LogP contribution in [0.1, 0.15) is 37.6 Å². The molecule has 4 rings (SSSR count). The largest absolute Gasteiger partial charge is 0.383 e. The van der Waals surface area contributed by atoms with E-state index in [1.807, 2.05) is 0 Å². The van der Waals surface area contributed by atoms with Crippen LogP contribution in [-0.2, 0) is 18.6 Å². The van der Waals surface area contributed by atoms with Crippen molar-refractivity contribution in [2.24, 2.45) is 5.92 Å². The van der Waals surface area contributed by atoms with Gasteiger partial charge in [0.05, 0.1) is 6.54 Å². The van der Waals surface area contributed by atoms with Crippen LogP contribution >= 0.6 is 0 Å². The van der Waals surface area contributed by atoms with Gasteiger partial charge in [-0.2, -0.15) is 0 Å². The molecule has 24 heavy (non-hydrogen) atoms. The Morgan fingerprint density at radius 1 is 1.25 bits per heavy atom. The topological polar surface area (TPSA) is 54.2 Å². The Morgan fingerprint density at radius 2 is 2.00 bits per heavy atom.